The van der Waals surface area contributed by atoms with E-state index in [4.69, 9.17) is 17.1 Å². The second kappa shape index (κ2) is 12.8. The SMILES string of the molecule is O=C(NNC(=S)ONCCCCN1CCCC1)c1ccc(NC(=O)c2ccccc2F)cc1. The molecular formula is C23H28FN5O3S. The van der Waals surface area contributed by atoms with Gasteiger partial charge in [-0.05, 0) is 93.9 Å². The number of benzene rings is 2. The van der Waals surface area contributed by atoms with E-state index < -0.39 is 17.6 Å². The summed E-state index contributed by atoms with van der Waals surface area (Å²) in [4.78, 5) is 32.0. The second-order valence-electron chi connectivity index (χ2n) is 7.63. The van der Waals surface area contributed by atoms with E-state index in [0.717, 1.165) is 19.4 Å². The first-order valence-electron chi connectivity index (χ1n) is 10.9. The third kappa shape index (κ3) is 8.08. The minimum Gasteiger partial charge on any atom is -0.377 e. The fourth-order valence-corrected chi connectivity index (χ4v) is 3.52. The van der Waals surface area contributed by atoms with Crippen molar-refractivity contribution in [3.05, 3.63) is 65.5 Å². The molecule has 3 rings (SSSR count). The number of anilines is 1. The topological polar surface area (TPSA) is 94.7 Å². The Kier molecular flexibility index (Phi) is 9.55. The quantitative estimate of drug-likeness (QED) is 0.253. The largest absolute Gasteiger partial charge is 0.377 e. The number of nitrogens with zero attached hydrogens (tertiary/aromatic N) is 1. The molecule has 0 unspecified atom stereocenters. The van der Waals surface area contributed by atoms with E-state index in [-0.39, 0.29) is 10.7 Å². The molecule has 8 nitrogen and oxygen atoms in total. The first-order valence-corrected chi connectivity index (χ1v) is 11.3. The van der Waals surface area contributed by atoms with Crippen LogP contribution >= 0.6 is 12.2 Å². The van der Waals surface area contributed by atoms with Gasteiger partial charge in [-0.1, -0.05) is 12.1 Å². The minimum atomic E-state index is -0.605. The van der Waals surface area contributed by atoms with Gasteiger partial charge in [0.2, 0.25) is 0 Å². The number of hydrogen-bond acceptors (Lipinski definition) is 6. The maximum atomic E-state index is 13.7. The predicted octanol–water partition coefficient (Wildman–Crippen LogP) is 2.99. The fourth-order valence-electron chi connectivity index (χ4n) is 3.41. The number of rotatable bonds is 9. The number of hydrazine groups is 1. The number of likely N-dealkylation sites (tertiary alicyclic amines) is 1. The Labute approximate surface area is 197 Å². The fraction of sp³-hybridized carbons (Fsp3) is 0.348. The highest BCUT2D eigenvalue weighted by molar-refractivity contribution is 7.80. The average Bonchev–Trinajstić information content (AvgIpc) is 3.34. The van der Waals surface area contributed by atoms with Crippen LogP contribution in [0.1, 0.15) is 46.4 Å². The molecule has 1 aliphatic rings. The summed E-state index contributed by atoms with van der Waals surface area (Å²) in [5.74, 6) is -1.61. The maximum absolute atomic E-state index is 13.7. The minimum absolute atomic E-state index is 0.00309. The van der Waals surface area contributed by atoms with Gasteiger partial charge in [-0.2, -0.15) is 5.48 Å². The first kappa shape index (κ1) is 24.6. The van der Waals surface area contributed by atoms with Crippen molar-refractivity contribution in [3.8, 4) is 0 Å². The zero-order valence-electron chi connectivity index (χ0n) is 18.2. The van der Waals surface area contributed by atoms with E-state index in [1.54, 1.807) is 18.2 Å². The van der Waals surface area contributed by atoms with E-state index in [2.05, 4.69) is 26.5 Å². The number of nitrogens with one attached hydrogen (secondary N) is 4. The summed E-state index contributed by atoms with van der Waals surface area (Å²) in [6.07, 6.45) is 4.64. The molecule has 2 aromatic rings. The molecule has 2 amide bonds. The number of halogens is 1. The van der Waals surface area contributed by atoms with Crippen LogP contribution in [0.3, 0.4) is 0 Å². The molecule has 0 saturated carbocycles. The number of amides is 2. The summed E-state index contributed by atoms with van der Waals surface area (Å²) in [6, 6.07) is 11.8. The van der Waals surface area contributed by atoms with Gasteiger partial charge in [-0.25, -0.2) is 4.39 Å². The average molecular weight is 474 g/mol. The van der Waals surface area contributed by atoms with Crippen LogP contribution in [0.15, 0.2) is 48.5 Å². The van der Waals surface area contributed by atoms with E-state index >= 15 is 0 Å². The molecule has 0 bridgehead atoms. The lowest BCUT2D eigenvalue weighted by molar-refractivity contribution is 0.0932. The molecule has 1 heterocycles. The van der Waals surface area contributed by atoms with Crippen LogP contribution in [0.25, 0.3) is 0 Å². The number of hydrogen-bond donors (Lipinski definition) is 4. The summed E-state index contributed by atoms with van der Waals surface area (Å²) in [5.41, 5.74) is 8.45. The molecule has 4 N–H and O–H groups in total. The third-order valence-corrected chi connectivity index (χ3v) is 5.35. The summed E-state index contributed by atoms with van der Waals surface area (Å²) >= 11 is 5.02. The van der Waals surface area contributed by atoms with Crippen molar-refractivity contribution < 1.29 is 18.8 Å². The second-order valence-corrected chi connectivity index (χ2v) is 8.00. The van der Waals surface area contributed by atoms with Crippen LogP contribution in [0, 0.1) is 5.82 Å². The molecule has 176 valence electrons. The lowest BCUT2D eigenvalue weighted by Gasteiger charge is -2.14. The molecular weight excluding hydrogens is 445 g/mol. The molecule has 1 aliphatic heterocycles. The first-order chi connectivity index (χ1) is 16.0. The van der Waals surface area contributed by atoms with Gasteiger partial charge in [0.05, 0.1) is 5.56 Å². The predicted molar refractivity (Wildman–Crippen MR) is 128 cm³/mol. The Balaban J connectivity index is 1.32. The van der Waals surface area contributed by atoms with Gasteiger partial charge in [0, 0.05) is 17.8 Å². The van der Waals surface area contributed by atoms with E-state index in [0.29, 0.717) is 17.8 Å². The molecule has 0 radical (unpaired) electrons. The maximum Gasteiger partial charge on any atom is 0.296 e. The van der Waals surface area contributed by atoms with Crippen LogP contribution in [0.4, 0.5) is 10.1 Å². The van der Waals surface area contributed by atoms with Crippen molar-refractivity contribution in [2.75, 3.05) is 31.5 Å². The normalized spacial score (nSPS) is 13.4. The summed E-state index contributed by atoms with van der Waals surface area (Å²) < 4.78 is 13.7. The molecule has 1 fully saturated rings. The molecule has 0 atom stereocenters. The van der Waals surface area contributed by atoms with Crippen molar-refractivity contribution in [2.45, 2.75) is 25.7 Å². The number of carbonyl (C=O) groups excluding carboxylic acids is 2. The van der Waals surface area contributed by atoms with Crippen LogP contribution < -0.4 is 21.6 Å². The zero-order chi connectivity index (χ0) is 23.5. The van der Waals surface area contributed by atoms with Crippen molar-refractivity contribution in [3.63, 3.8) is 0 Å². The summed E-state index contributed by atoms with van der Waals surface area (Å²) in [7, 11) is 0. The van der Waals surface area contributed by atoms with Crippen molar-refractivity contribution >= 4 is 34.9 Å². The van der Waals surface area contributed by atoms with E-state index in [1.165, 1.54) is 56.3 Å². The Bertz CT molecular complexity index is 951. The van der Waals surface area contributed by atoms with Gasteiger partial charge < -0.3 is 15.1 Å². The Hall–Kier alpha value is -3.08. The Morgan fingerprint density at radius 3 is 2.42 bits per heavy atom. The molecule has 33 heavy (non-hydrogen) atoms. The van der Waals surface area contributed by atoms with Gasteiger partial charge in [0.1, 0.15) is 5.82 Å². The number of hydroxylamine groups is 1. The van der Waals surface area contributed by atoms with Gasteiger partial charge >= 0.3 is 0 Å². The van der Waals surface area contributed by atoms with Crippen LogP contribution in [-0.4, -0.2) is 48.1 Å². The van der Waals surface area contributed by atoms with Crippen LogP contribution in [-0.2, 0) is 4.84 Å². The standard InChI is InChI=1S/C23H28FN5O3S/c24-20-8-2-1-7-19(20)22(31)26-18-11-9-17(10-12-18)21(30)27-28-23(33)32-25-13-3-4-14-29-15-5-6-16-29/h1-2,7-12,25H,3-6,13-16H2,(H,26,31)(H,27,30)(H,28,33). The van der Waals surface area contributed by atoms with Gasteiger partial charge in [-0.15, -0.1) is 0 Å². The van der Waals surface area contributed by atoms with Gasteiger partial charge in [-0.3, -0.25) is 20.4 Å². The highest BCUT2D eigenvalue weighted by Crippen LogP contribution is 2.13. The zero-order valence-corrected chi connectivity index (χ0v) is 19.1. The van der Waals surface area contributed by atoms with E-state index in [9.17, 15) is 14.0 Å². The van der Waals surface area contributed by atoms with Crippen molar-refractivity contribution in [1.29, 1.82) is 0 Å². The highest BCUT2D eigenvalue weighted by Gasteiger charge is 2.12. The molecule has 10 heteroatoms. The molecule has 1 saturated heterocycles. The lowest BCUT2D eigenvalue weighted by atomic mass is 10.1. The summed E-state index contributed by atoms with van der Waals surface area (Å²) in [5, 5.41) is 2.59. The molecule has 2 aromatic carbocycles. The molecule has 0 spiro atoms. The van der Waals surface area contributed by atoms with Gasteiger partial charge in [0.15, 0.2) is 0 Å². The Morgan fingerprint density at radius 2 is 1.70 bits per heavy atom. The monoisotopic (exact) mass is 473 g/mol. The Morgan fingerprint density at radius 1 is 0.970 bits per heavy atom. The number of thiocarbonyl (C=S) groups is 1. The lowest BCUT2D eigenvalue weighted by Crippen LogP contribution is -2.43. The van der Waals surface area contributed by atoms with Crippen molar-refractivity contribution in [1.82, 2.24) is 21.2 Å². The molecule has 0 aliphatic carbocycles. The van der Waals surface area contributed by atoms with Crippen LogP contribution in [0.5, 0.6) is 0 Å². The van der Waals surface area contributed by atoms with E-state index in [1.807, 2.05) is 0 Å². The van der Waals surface area contributed by atoms with Gasteiger partial charge in [0.25, 0.3) is 17.0 Å². The summed E-state index contributed by atoms with van der Waals surface area (Å²) in [6.45, 7) is 4.15. The smallest absolute Gasteiger partial charge is 0.296 e. The number of unbranched alkanes of at least 4 members (excludes halogenated alkanes) is 1. The third-order valence-electron chi connectivity index (χ3n) is 5.17. The highest BCUT2D eigenvalue weighted by atomic mass is 32.1. The van der Waals surface area contributed by atoms with Crippen LogP contribution in [0.2, 0.25) is 0 Å². The number of carbonyl (C=O) groups is 2. The van der Waals surface area contributed by atoms with Crippen molar-refractivity contribution in [2.24, 2.45) is 0 Å². The molecule has 0 aromatic heterocycles.